The minimum absolute atomic E-state index is 0.284. The SMILES string of the molecule is CCCCCCCCNC(N)=NCc1ccc(F)c(CO)c1. The molecule has 0 bridgehead atoms. The highest BCUT2D eigenvalue weighted by Crippen LogP contribution is 2.11. The molecule has 0 radical (unpaired) electrons. The first-order chi connectivity index (χ1) is 10.7. The number of aliphatic hydroxyl groups is 1. The minimum Gasteiger partial charge on any atom is -0.392 e. The first-order valence-corrected chi connectivity index (χ1v) is 8.09. The summed E-state index contributed by atoms with van der Waals surface area (Å²) < 4.78 is 13.3. The summed E-state index contributed by atoms with van der Waals surface area (Å²) in [5.41, 5.74) is 6.91. The molecule has 4 nitrogen and oxygen atoms in total. The number of nitrogens with two attached hydrogens (primary N) is 1. The fourth-order valence-electron chi connectivity index (χ4n) is 2.20. The lowest BCUT2D eigenvalue weighted by Gasteiger charge is -2.06. The molecule has 4 N–H and O–H groups in total. The largest absolute Gasteiger partial charge is 0.392 e. The monoisotopic (exact) mass is 309 g/mol. The lowest BCUT2D eigenvalue weighted by atomic mass is 10.1. The molecule has 0 aromatic heterocycles. The summed E-state index contributed by atoms with van der Waals surface area (Å²) in [5.74, 6) is 0.00725. The van der Waals surface area contributed by atoms with Crippen LogP contribution in [0.15, 0.2) is 23.2 Å². The van der Waals surface area contributed by atoms with Gasteiger partial charge in [-0.2, -0.15) is 0 Å². The zero-order chi connectivity index (χ0) is 16.2. The predicted octanol–water partition coefficient (Wildman–Crippen LogP) is 3.08. The van der Waals surface area contributed by atoms with Gasteiger partial charge in [-0.15, -0.1) is 0 Å². The molecule has 0 saturated heterocycles. The topological polar surface area (TPSA) is 70.6 Å². The van der Waals surface area contributed by atoms with Crippen LogP contribution in [0, 0.1) is 5.82 Å². The van der Waals surface area contributed by atoms with Gasteiger partial charge in [0.1, 0.15) is 5.82 Å². The fraction of sp³-hybridized carbons (Fsp3) is 0.588. The van der Waals surface area contributed by atoms with Crippen LogP contribution >= 0.6 is 0 Å². The van der Waals surface area contributed by atoms with Gasteiger partial charge in [0.25, 0.3) is 0 Å². The van der Waals surface area contributed by atoms with Gasteiger partial charge in [-0.3, -0.25) is 0 Å². The van der Waals surface area contributed by atoms with Crippen LogP contribution in [0.5, 0.6) is 0 Å². The molecule has 0 heterocycles. The summed E-state index contributed by atoms with van der Waals surface area (Å²) in [6.07, 6.45) is 7.44. The summed E-state index contributed by atoms with van der Waals surface area (Å²) in [4.78, 5) is 4.23. The number of hydrogen-bond acceptors (Lipinski definition) is 2. The predicted molar refractivity (Wildman–Crippen MR) is 89.0 cm³/mol. The number of aliphatic imine (C=N–C) groups is 1. The van der Waals surface area contributed by atoms with Crippen molar-refractivity contribution in [1.29, 1.82) is 0 Å². The Bertz CT molecular complexity index is 463. The summed E-state index contributed by atoms with van der Waals surface area (Å²) in [6, 6.07) is 4.61. The number of rotatable bonds is 10. The maximum atomic E-state index is 13.3. The van der Waals surface area contributed by atoms with E-state index in [9.17, 15) is 4.39 Å². The standard InChI is InChI=1S/C17H28FN3O/c1-2-3-4-5-6-7-10-20-17(19)21-12-14-8-9-16(18)15(11-14)13-22/h8-9,11,22H,2-7,10,12-13H2,1H3,(H3,19,20,21). The average Bonchev–Trinajstić information content (AvgIpc) is 2.53. The molecular formula is C17H28FN3O. The number of nitrogens with one attached hydrogen (secondary N) is 1. The number of aliphatic hydroxyl groups excluding tert-OH is 1. The minimum atomic E-state index is -0.399. The maximum absolute atomic E-state index is 13.3. The van der Waals surface area contributed by atoms with E-state index in [-0.39, 0.29) is 12.2 Å². The number of unbranched alkanes of at least 4 members (excludes halogenated alkanes) is 5. The quantitative estimate of drug-likeness (QED) is 0.353. The van der Waals surface area contributed by atoms with Crippen molar-refractivity contribution in [2.24, 2.45) is 10.7 Å². The fourth-order valence-corrected chi connectivity index (χ4v) is 2.20. The van der Waals surface area contributed by atoms with Crippen molar-refractivity contribution in [3.8, 4) is 0 Å². The molecular weight excluding hydrogens is 281 g/mol. The second-order valence-corrected chi connectivity index (χ2v) is 5.48. The highest BCUT2D eigenvalue weighted by Gasteiger charge is 2.02. The Hall–Kier alpha value is -1.62. The van der Waals surface area contributed by atoms with Crippen molar-refractivity contribution in [3.05, 3.63) is 35.1 Å². The highest BCUT2D eigenvalue weighted by atomic mass is 19.1. The third-order valence-electron chi connectivity index (χ3n) is 3.55. The first kappa shape index (κ1) is 18.4. The molecule has 22 heavy (non-hydrogen) atoms. The second kappa shape index (κ2) is 11.0. The van der Waals surface area contributed by atoms with Gasteiger partial charge < -0.3 is 16.2 Å². The van der Waals surface area contributed by atoms with Crippen LogP contribution in [0.4, 0.5) is 4.39 Å². The summed E-state index contributed by atoms with van der Waals surface area (Å²) in [7, 11) is 0. The molecule has 0 saturated carbocycles. The van der Waals surface area contributed by atoms with E-state index < -0.39 is 5.82 Å². The Morgan fingerprint density at radius 3 is 2.68 bits per heavy atom. The van der Waals surface area contributed by atoms with Gasteiger partial charge in [0.15, 0.2) is 5.96 Å². The van der Waals surface area contributed by atoms with Gasteiger partial charge in [-0.25, -0.2) is 9.38 Å². The van der Waals surface area contributed by atoms with Crippen molar-refractivity contribution < 1.29 is 9.50 Å². The molecule has 0 aliphatic rings. The molecule has 0 fully saturated rings. The summed E-state index contributed by atoms with van der Waals surface area (Å²) in [5, 5.41) is 12.1. The Morgan fingerprint density at radius 2 is 1.95 bits per heavy atom. The van der Waals surface area contributed by atoms with Gasteiger partial charge in [-0.05, 0) is 24.1 Å². The van der Waals surface area contributed by atoms with E-state index in [1.807, 2.05) is 0 Å². The van der Waals surface area contributed by atoms with Crippen LogP contribution in [-0.2, 0) is 13.2 Å². The average molecular weight is 309 g/mol. The third kappa shape index (κ3) is 7.41. The van der Waals surface area contributed by atoms with E-state index in [2.05, 4.69) is 17.2 Å². The van der Waals surface area contributed by atoms with Crippen LogP contribution in [0.1, 0.15) is 56.6 Å². The third-order valence-corrected chi connectivity index (χ3v) is 3.55. The molecule has 124 valence electrons. The van der Waals surface area contributed by atoms with E-state index in [0.29, 0.717) is 12.5 Å². The van der Waals surface area contributed by atoms with E-state index >= 15 is 0 Å². The number of benzene rings is 1. The van der Waals surface area contributed by atoms with Crippen LogP contribution in [0.25, 0.3) is 0 Å². The zero-order valence-electron chi connectivity index (χ0n) is 13.4. The number of guanidine groups is 1. The Labute approximate surface area is 132 Å². The maximum Gasteiger partial charge on any atom is 0.188 e. The Morgan fingerprint density at radius 1 is 1.23 bits per heavy atom. The van der Waals surface area contributed by atoms with Gasteiger partial charge in [0.2, 0.25) is 0 Å². The summed E-state index contributed by atoms with van der Waals surface area (Å²) >= 11 is 0. The molecule has 0 spiro atoms. The molecule has 0 aliphatic heterocycles. The highest BCUT2D eigenvalue weighted by molar-refractivity contribution is 5.77. The number of nitrogens with zero attached hydrogens (tertiary/aromatic N) is 1. The van der Waals surface area contributed by atoms with E-state index in [1.54, 1.807) is 12.1 Å². The molecule has 0 unspecified atom stereocenters. The summed E-state index contributed by atoms with van der Waals surface area (Å²) in [6.45, 7) is 3.11. The smallest absolute Gasteiger partial charge is 0.188 e. The molecule has 5 heteroatoms. The molecule has 1 aromatic rings. The van der Waals surface area contributed by atoms with E-state index in [0.717, 1.165) is 18.5 Å². The lowest BCUT2D eigenvalue weighted by molar-refractivity contribution is 0.275. The van der Waals surface area contributed by atoms with E-state index in [1.165, 1.54) is 38.2 Å². The van der Waals surface area contributed by atoms with Crippen LogP contribution in [-0.4, -0.2) is 17.6 Å². The van der Waals surface area contributed by atoms with E-state index in [4.69, 9.17) is 10.8 Å². The van der Waals surface area contributed by atoms with Crippen molar-refractivity contribution in [2.45, 2.75) is 58.6 Å². The first-order valence-electron chi connectivity index (χ1n) is 8.09. The van der Waals surface area contributed by atoms with Gasteiger partial charge in [0, 0.05) is 12.1 Å². The number of hydrogen-bond donors (Lipinski definition) is 3. The van der Waals surface area contributed by atoms with Crippen molar-refractivity contribution >= 4 is 5.96 Å². The Kier molecular flexibility index (Phi) is 9.23. The second-order valence-electron chi connectivity index (χ2n) is 5.48. The zero-order valence-corrected chi connectivity index (χ0v) is 13.4. The van der Waals surface area contributed by atoms with Gasteiger partial charge >= 0.3 is 0 Å². The van der Waals surface area contributed by atoms with Crippen LogP contribution in [0.2, 0.25) is 0 Å². The number of halogens is 1. The lowest BCUT2D eigenvalue weighted by Crippen LogP contribution is -2.32. The Balaban J connectivity index is 2.25. The van der Waals surface area contributed by atoms with Crippen molar-refractivity contribution in [1.82, 2.24) is 5.32 Å². The van der Waals surface area contributed by atoms with Gasteiger partial charge in [0.05, 0.1) is 13.2 Å². The van der Waals surface area contributed by atoms with Crippen LogP contribution in [0.3, 0.4) is 0 Å². The molecule has 0 amide bonds. The molecule has 1 aromatic carbocycles. The van der Waals surface area contributed by atoms with Gasteiger partial charge in [-0.1, -0.05) is 45.1 Å². The molecule has 1 rings (SSSR count). The molecule has 0 atom stereocenters. The van der Waals surface area contributed by atoms with Crippen molar-refractivity contribution in [2.75, 3.05) is 6.54 Å². The van der Waals surface area contributed by atoms with Crippen LogP contribution < -0.4 is 11.1 Å². The molecule has 0 aliphatic carbocycles. The normalized spacial score (nSPS) is 11.7. The van der Waals surface area contributed by atoms with Crippen molar-refractivity contribution in [3.63, 3.8) is 0 Å².